The summed E-state index contributed by atoms with van der Waals surface area (Å²) >= 11 is 1.73. The second-order valence-corrected chi connectivity index (χ2v) is 5.23. The highest BCUT2D eigenvalue weighted by Crippen LogP contribution is 2.27. The summed E-state index contributed by atoms with van der Waals surface area (Å²) in [6, 6.07) is 24.7. The van der Waals surface area contributed by atoms with Gasteiger partial charge in [-0.25, -0.2) is 0 Å². The fraction of sp³-hybridized carbons (Fsp3) is 0. The minimum Gasteiger partial charge on any atom is -0.127 e. The van der Waals surface area contributed by atoms with Crippen molar-refractivity contribution in [3.05, 3.63) is 83.2 Å². The largest absolute Gasteiger partial charge is 0.127 e. The van der Waals surface area contributed by atoms with E-state index >= 15 is 0 Å². The van der Waals surface area contributed by atoms with E-state index in [-0.39, 0.29) is 0 Å². The van der Waals surface area contributed by atoms with E-state index in [1.165, 1.54) is 10.4 Å². The van der Waals surface area contributed by atoms with Crippen LogP contribution in [0.3, 0.4) is 0 Å². The van der Waals surface area contributed by atoms with Crippen molar-refractivity contribution in [1.82, 2.24) is 0 Å². The van der Waals surface area contributed by atoms with Crippen molar-refractivity contribution in [2.45, 2.75) is 0 Å². The van der Waals surface area contributed by atoms with E-state index in [1.54, 1.807) is 11.3 Å². The molecule has 0 saturated carbocycles. The van der Waals surface area contributed by atoms with Crippen molar-refractivity contribution in [3.63, 3.8) is 0 Å². The molecule has 0 unspecified atom stereocenters. The third-order valence-electron chi connectivity index (χ3n) is 2.77. The van der Waals surface area contributed by atoms with Crippen LogP contribution in [0, 0.1) is 11.8 Å². The van der Waals surface area contributed by atoms with Gasteiger partial charge in [-0.3, -0.25) is 0 Å². The Labute approximate surface area is 117 Å². The van der Waals surface area contributed by atoms with Crippen LogP contribution in [0.1, 0.15) is 10.4 Å². The van der Waals surface area contributed by atoms with Crippen molar-refractivity contribution in [1.29, 1.82) is 0 Å². The molecule has 1 heterocycles. The fourth-order valence-electron chi connectivity index (χ4n) is 1.82. The number of hydrogen-bond donors (Lipinski definition) is 0. The van der Waals surface area contributed by atoms with Gasteiger partial charge in [0.2, 0.25) is 0 Å². The van der Waals surface area contributed by atoms with Crippen LogP contribution in [0.15, 0.2) is 72.8 Å². The molecule has 0 N–H and O–H groups in total. The van der Waals surface area contributed by atoms with E-state index in [1.807, 2.05) is 36.4 Å². The molecular weight excluding hydrogens is 248 g/mol. The molecular formula is C18H12S. The Hall–Kier alpha value is -2.30. The summed E-state index contributed by atoms with van der Waals surface area (Å²) in [5.41, 5.74) is 2.30. The number of hydrogen-bond acceptors (Lipinski definition) is 1. The third kappa shape index (κ3) is 2.93. The Balaban J connectivity index is 1.85. The van der Waals surface area contributed by atoms with E-state index in [4.69, 9.17) is 0 Å². The lowest BCUT2D eigenvalue weighted by Gasteiger charge is -1.93. The predicted molar refractivity (Wildman–Crippen MR) is 82.2 cm³/mol. The first-order valence-corrected chi connectivity index (χ1v) is 6.96. The zero-order valence-corrected chi connectivity index (χ0v) is 11.2. The normalized spacial score (nSPS) is 9.68. The average Bonchev–Trinajstić information content (AvgIpc) is 2.96. The summed E-state index contributed by atoms with van der Waals surface area (Å²) in [6.07, 6.45) is 0. The van der Waals surface area contributed by atoms with Crippen molar-refractivity contribution >= 4 is 11.3 Å². The Kier molecular flexibility index (Phi) is 3.45. The molecule has 0 aliphatic rings. The summed E-state index contributed by atoms with van der Waals surface area (Å²) in [6.45, 7) is 0. The molecule has 1 heteroatoms. The summed E-state index contributed by atoms with van der Waals surface area (Å²) in [4.78, 5) is 2.36. The van der Waals surface area contributed by atoms with Crippen molar-refractivity contribution in [2.24, 2.45) is 0 Å². The van der Waals surface area contributed by atoms with Crippen LogP contribution < -0.4 is 0 Å². The predicted octanol–water partition coefficient (Wildman–Crippen LogP) is 4.81. The monoisotopic (exact) mass is 260 g/mol. The summed E-state index contributed by atoms with van der Waals surface area (Å²) < 4.78 is 0. The molecule has 3 aromatic rings. The molecule has 0 radical (unpaired) electrons. The Bertz CT molecular complexity index is 712. The van der Waals surface area contributed by atoms with Crippen LogP contribution in [0.5, 0.6) is 0 Å². The summed E-state index contributed by atoms with van der Waals surface area (Å²) in [7, 11) is 0. The molecule has 90 valence electrons. The van der Waals surface area contributed by atoms with Gasteiger partial charge in [0.1, 0.15) is 0 Å². The first-order chi connectivity index (χ1) is 9.42. The van der Waals surface area contributed by atoms with E-state index in [2.05, 4.69) is 48.2 Å². The summed E-state index contributed by atoms with van der Waals surface area (Å²) in [5.74, 6) is 6.41. The Morgan fingerprint density at radius 1 is 0.632 bits per heavy atom. The standard InChI is InChI=1S/C18H12S/c1-3-7-15(8-4-1)11-12-17-13-14-18(19-17)16-9-5-2-6-10-16/h1-10,13-14H. The van der Waals surface area contributed by atoms with E-state index in [9.17, 15) is 0 Å². The van der Waals surface area contributed by atoms with Crippen LogP contribution in [-0.2, 0) is 0 Å². The van der Waals surface area contributed by atoms with Gasteiger partial charge in [0.25, 0.3) is 0 Å². The minimum absolute atomic E-state index is 1.05. The third-order valence-corrected chi connectivity index (χ3v) is 3.82. The van der Waals surface area contributed by atoms with Gasteiger partial charge in [0.05, 0.1) is 4.88 Å². The van der Waals surface area contributed by atoms with E-state index < -0.39 is 0 Å². The van der Waals surface area contributed by atoms with Gasteiger partial charge in [0, 0.05) is 10.4 Å². The molecule has 0 bridgehead atoms. The van der Waals surface area contributed by atoms with Gasteiger partial charge in [-0.1, -0.05) is 60.4 Å². The maximum absolute atomic E-state index is 3.22. The lowest BCUT2D eigenvalue weighted by atomic mass is 10.2. The zero-order chi connectivity index (χ0) is 12.9. The van der Waals surface area contributed by atoms with Crippen LogP contribution in [0.2, 0.25) is 0 Å². The number of benzene rings is 2. The highest BCUT2D eigenvalue weighted by molar-refractivity contribution is 7.16. The van der Waals surface area contributed by atoms with Crippen LogP contribution in [0.4, 0.5) is 0 Å². The first-order valence-electron chi connectivity index (χ1n) is 6.14. The molecule has 1 aromatic heterocycles. The van der Waals surface area contributed by atoms with Crippen LogP contribution in [0.25, 0.3) is 10.4 Å². The van der Waals surface area contributed by atoms with Crippen molar-refractivity contribution in [3.8, 4) is 22.3 Å². The average molecular weight is 260 g/mol. The molecule has 3 rings (SSSR count). The summed E-state index contributed by atoms with van der Waals surface area (Å²) in [5, 5.41) is 0. The molecule has 19 heavy (non-hydrogen) atoms. The maximum atomic E-state index is 3.22. The maximum Gasteiger partial charge on any atom is 0.0778 e. The van der Waals surface area contributed by atoms with Crippen LogP contribution >= 0.6 is 11.3 Å². The topological polar surface area (TPSA) is 0 Å². The fourth-order valence-corrected chi connectivity index (χ4v) is 2.68. The van der Waals surface area contributed by atoms with E-state index in [0.717, 1.165) is 10.4 Å². The van der Waals surface area contributed by atoms with E-state index in [0.29, 0.717) is 0 Å². The second kappa shape index (κ2) is 5.56. The SMILES string of the molecule is C(#Cc1ccc(-c2ccccc2)s1)c1ccccc1. The van der Waals surface area contributed by atoms with Crippen LogP contribution in [-0.4, -0.2) is 0 Å². The number of thiophene rings is 1. The minimum atomic E-state index is 1.05. The van der Waals surface area contributed by atoms with Gasteiger partial charge >= 0.3 is 0 Å². The molecule has 0 saturated heterocycles. The van der Waals surface area contributed by atoms with Gasteiger partial charge in [0.15, 0.2) is 0 Å². The highest BCUT2D eigenvalue weighted by Gasteiger charge is 1.99. The highest BCUT2D eigenvalue weighted by atomic mass is 32.1. The quantitative estimate of drug-likeness (QED) is 0.550. The van der Waals surface area contributed by atoms with Gasteiger partial charge in [-0.05, 0) is 29.8 Å². The molecule has 0 amide bonds. The lowest BCUT2D eigenvalue weighted by Crippen LogP contribution is -1.70. The van der Waals surface area contributed by atoms with Gasteiger partial charge < -0.3 is 0 Å². The zero-order valence-electron chi connectivity index (χ0n) is 10.3. The molecule has 0 fully saturated rings. The van der Waals surface area contributed by atoms with Crippen molar-refractivity contribution < 1.29 is 0 Å². The molecule has 0 aliphatic heterocycles. The molecule has 0 spiro atoms. The lowest BCUT2D eigenvalue weighted by molar-refractivity contribution is 1.65. The Morgan fingerprint density at radius 3 is 2.05 bits per heavy atom. The molecule has 2 aromatic carbocycles. The number of rotatable bonds is 1. The Morgan fingerprint density at radius 2 is 1.32 bits per heavy atom. The van der Waals surface area contributed by atoms with Crippen molar-refractivity contribution in [2.75, 3.05) is 0 Å². The molecule has 0 aliphatic carbocycles. The smallest absolute Gasteiger partial charge is 0.0778 e. The molecule has 0 nitrogen and oxygen atoms in total. The first kappa shape index (κ1) is 11.8. The molecule has 0 atom stereocenters. The van der Waals surface area contributed by atoms with Gasteiger partial charge in [-0.15, -0.1) is 11.3 Å². The second-order valence-electron chi connectivity index (χ2n) is 4.15. The van der Waals surface area contributed by atoms with Gasteiger partial charge in [-0.2, -0.15) is 0 Å².